The van der Waals surface area contributed by atoms with Gasteiger partial charge in [0, 0.05) is 24.0 Å². The average Bonchev–Trinajstić information content (AvgIpc) is 2.62. The van der Waals surface area contributed by atoms with Crippen molar-refractivity contribution >= 4 is 5.71 Å². The molecule has 0 unspecified atom stereocenters. The van der Waals surface area contributed by atoms with Crippen LogP contribution in [0.1, 0.15) is 37.4 Å². The predicted molar refractivity (Wildman–Crippen MR) is 56.0 cm³/mol. The van der Waals surface area contributed by atoms with Crippen molar-refractivity contribution < 1.29 is 5.21 Å². The van der Waals surface area contributed by atoms with E-state index < -0.39 is 0 Å². The first kappa shape index (κ1) is 9.31. The summed E-state index contributed by atoms with van der Waals surface area (Å²) >= 11 is 0. The van der Waals surface area contributed by atoms with Crippen LogP contribution in [0.5, 0.6) is 0 Å². The maximum atomic E-state index is 8.86. The van der Waals surface area contributed by atoms with E-state index in [4.69, 9.17) is 5.21 Å². The lowest BCUT2D eigenvalue weighted by Gasteiger charge is -2.15. The fourth-order valence-corrected chi connectivity index (χ4v) is 2.16. The minimum Gasteiger partial charge on any atom is -0.411 e. The molecule has 1 aliphatic carbocycles. The third-order valence-corrected chi connectivity index (χ3v) is 2.80. The van der Waals surface area contributed by atoms with Gasteiger partial charge >= 0.3 is 0 Å². The molecule has 0 fully saturated rings. The minimum absolute atomic E-state index is 0.848. The van der Waals surface area contributed by atoms with Crippen molar-refractivity contribution in [3.63, 3.8) is 0 Å². The zero-order valence-electron chi connectivity index (χ0n) is 8.53. The van der Waals surface area contributed by atoms with Crippen LogP contribution in [0.15, 0.2) is 17.4 Å². The number of nitrogens with zero attached hydrogens (tertiary/aromatic N) is 2. The molecular formula is C11H16N2O. The second-order valence-electron chi connectivity index (χ2n) is 3.77. The third-order valence-electron chi connectivity index (χ3n) is 2.80. The summed E-state index contributed by atoms with van der Waals surface area (Å²) in [6, 6.07) is 2.07. The van der Waals surface area contributed by atoms with Crippen LogP contribution in [0, 0.1) is 0 Å². The summed E-state index contributed by atoms with van der Waals surface area (Å²) in [4.78, 5) is 0. The molecule has 1 aromatic heterocycles. The molecule has 76 valence electrons. The summed E-state index contributed by atoms with van der Waals surface area (Å²) in [5, 5.41) is 12.2. The largest absolute Gasteiger partial charge is 0.411 e. The second-order valence-corrected chi connectivity index (χ2v) is 3.77. The van der Waals surface area contributed by atoms with Gasteiger partial charge < -0.3 is 9.77 Å². The summed E-state index contributed by atoms with van der Waals surface area (Å²) in [7, 11) is 0. The Kier molecular flexibility index (Phi) is 2.57. The molecule has 0 atom stereocenters. The molecule has 1 N–H and O–H groups in total. The van der Waals surface area contributed by atoms with Crippen LogP contribution in [0.3, 0.4) is 0 Å². The van der Waals surface area contributed by atoms with Gasteiger partial charge in [0.1, 0.15) is 0 Å². The standard InChI is InChI=1S/C11H16N2O/c1-2-7-13-8-6-9-10(12-14)4-3-5-11(9)13/h6,8,14H,2-5,7H2,1H3/b12-10+. The van der Waals surface area contributed by atoms with Gasteiger partial charge in [0.05, 0.1) is 5.71 Å². The molecule has 0 aliphatic heterocycles. The fourth-order valence-electron chi connectivity index (χ4n) is 2.16. The average molecular weight is 192 g/mol. The molecule has 3 heteroatoms. The van der Waals surface area contributed by atoms with Crippen LogP contribution in [0.2, 0.25) is 0 Å². The number of hydrogen-bond acceptors (Lipinski definition) is 2. The highest BCUT2D eigenvalue weighted by molar-refractivity contribution is 6.02. The van der Waals surface area contributed by atoms with E-state index in [1.54, 1.807) is 0 Å². The van der Waals surface area contributed by atoms with Crippen molar-refractivity contribution in [1.82, 2.24) is 4.57 Å². The molecule has 0 saturated carbocycles. The topological polar surface area (TPSA) is 37.5 Å². The number of aryl methyl sites for hydroxylation is 1. The molecule has 0 bridgehead atoms. The van der Waals surface area contributed by atoms with Gasteiger partial charge in [-0.2, -0.15) is 0 Å². The lowest BCUT2D eigenvalue weighted by molar-refractivity contribution is 0.317. The van der Waals surface area contributed by atoms with Gasteiger partial charge in [-0.15, -0.1) is 0 Å². The lowest BCUT2D eigenvalue weighted by atomic mass is 9.96. The zero-order valence-corrected chi connectivity index (χ0v) is 8.53. The highest BCUT2D eigenvalue weighted by Gasteiger charge is 2.18. The highest BCUT2D eigenvalue weighted by Crippen LogP contribution is 2.23. The molecule has 0 spiro atoms. The Morgan fingerprint density at radius 3 is 3.07 bits per heavy atom. The van der Waals surface area contributed by atoms with E-state index in [0.29, 0.717) is 0 Å². The van der Waals surface area contributed by atoms with Crippen molar-refractivity contribution in [2.24, 2.45) is 5.16 Å². The smallest absolute Gasteiger partial charge is 0.0885 e. The SMILES string of the molecule is CCCn1ccc2c1CCC/C2=N\O. The summed E-state index contributed by atoms with van der Waals surface area (Å²) in [5.41, 5.74) is 3.33. The maximum Gasteiger partial charge on any atom is 0.0885 e. The summed E-state index contributed by atoms with van der Waals surface area (Å²) in [6.45, 7) is 3.24. The maximum absolute atomic E-state index is 8.86. The fraction of sp³-hybridized carbons (Fsp3) is 0.545. The van der Waals surface area contributed by atoms with Gasteiger partial charge in [-0.05, 0) is 31.7 Å². The van der Waals surface area contributed by atoms with Gasteiger partial charge in [0.25, 0.3) is 0 Å². The van der Waals surface area contributed by atoms with Crippen LogP contribution < -0.4 is 0 Å². The van der Waals surface area contributed by atoms with E-state index in [1.165, 1.54) is 5.69 Å². The van der Waals surface area contributed by atoms with Crippen LogP contribution in [-0.2, 0) is 13.0 Å². The number of fused-ring (bicyclic) bond motifs is 1. The Bertz CT molecular complexity index is 352. The van der Waals surface area contributed by atoms with Crippen molar-refractivity contribution in [3.05, 3.63) is 23.5 Å². The quantitative estimate of drug-likeness (QED) is 0.567. The predicted octanol–water partition coefficient (Wildman–Crippen LogP) is 2.41. The minimum atomic E-state index is 0.848. The van der Waals surface area contributed by atoms with E-state index in [9.17, 15) is 0 Å². The molecule has 1 aliphatic rings. The van der Waals surface area contributed by atoms with E-state index in [-0.39, 0.29) is 0 Å². The van der Waals surface area contributed by atoms with Gasteiger partial charge in [-0.25, -0.2) is 0 Å². The number of rotatable bonds is 2. The van der Waals surface area contributed by atoms with Crippen molar-refractivity contribution in [1.29, 1.82) is 0 Å². The molecule has 2 rings (SSSR count). The van der Waals surface area contributed by atoms with E-state index in [1.807, 2.05) is 0 Å². The van der Waals surface area contributed by atoms with Gasteiger partial charge in [0.15, 0.2) is 0 Å². The molecule has 14 heavy (non-hydrogen) atoms. The molecule has 0 saturated heterocycles. The number of hydrogen-bond donors (Lipinski definition) is 1. The van der Waals surface area contributed by atoms with Crippen molar-refractivity contribution in [3.8, 4) is 0 Å². The molecule has 3 nitrogen and oxygen atoms in total. The molecule has 0 amide bonds. The second kappa shape index (κ2) is 3.86. The number of oxime groups is 1. The first-order valence-corrected chi connectivity index (χ1v) is 5.26. The van der Waals surface area contributed by atoms with E-state index >= 15 is 0 Å². The molecule has 1 aromatic rings. The molecule has 0 radical (unpaired) electrons. The first-order valence-electron chi connectivity index (χ1n) is 5.26. The molecule has 1 heterocycles. The van der Waals surface area contributed by atoms with E-state index in [2.05, 4.69) is 28.9 Å². The van der Waals surface area contributed by atoms with Gasteiger partial charge in [-0.1, -0.05) is 12.1 Å². The van der Waals surface area contributed by atoms with Crippen molar-refractivity contribution in [2.75, 3.05) is 0 Å². The zero-order chi connectivity index (χ0) is 9.97. The molecule has 0 aromatic carbocycles. The van der Waals surface area contributed by atoms with E-state index in [0.717, 1.165) is 43.5 Å². The van der Waals surface area contributed by atoms with Gasteiger partial charge in [-0.3, -0.25) is 0 Å². The van der Waals surface area contributed by atoms with Crippen LogP contribution in [0.4, 0.5) is 0 Å². The third kappa shape index (κ3) is 1.43. The van der Waals surface area contributed by atoms with Crippen LogP contribution >= 0.6 is 0 Å². The lowest BCUT2D eigenvalue weighted by Crippen LogP contribution is -2.13. The van der Waals surface area contributed by atoms with Gasteiger partial charge in [0.2, 0.25) is 0 Å². The summed E-state index contributed by atoms with van der Waals surface area (Å²) in [5.74, 6) is 0. The Labute approximate surface area is 84.0 Å². The molecular weight excluding hydrogens is 176 g/mol. The Morgan fingerprint density at radius 2 is 2.36 bits per heavy atom. The van der Waals surface area contributed by atoms with Crippen LogP contribution in [0.25, 0.3) is 0 Å². The van der Waals surface area contributed by atoms with Crippen molar-refractivity contribution in [2.45, 2.75) is 39.2 Å². The summed E-state index contributed by atoms with van der Waals surface area (Å²) in [6.07, 6.45) is 6.36. The normalized spacial score (nSPS) is 18.5. The Hall–Kier alpha value is -1.25. The number of aromatic nitrogens is 1. The van der Waals surface area contributed by atoms with Crippen LogP contribution in [-0.4, -0.2) is 15.5 Å². The Balaban J connectivity index is 2.37. The monoisotopic (exact) mass is 192 g/mol. The highest BCUT2D eigenvalue weighted by atomic mass is 16.4. The summed E-state index contributed by atoms with van der Waals surface area (Å²) < 4.78 is 2.28. The first-order chi connectivity index (χ1) is 6.86. The Morgan fingerprint density at radius 1 is 1.50 bits per heavy atom.